The molecule has 0 aliphatic carbocycles. The van der Waals surface area contributed by atoms with Gasteiger partial charge in [0.15, 0.2) is 0 Å². The predicted octanol–water partition coefficient (Wildman–Crippen LogP) is 1.47. The van der Waals surface area contributed by atoms with E-state index >= 15 is 0 Å². The van der Waals surface area contributed by atoms with Gasteiger partial charge in [-0.3, -0.25) is 14.8 Å². The summed E-state index contributed by atoms with van der Waals surface area (Å²) in [5, 5.41) is 29.2. The van der Waals surface area contributed by atoms with E-state index in [0.717, 1.165) is 4.90 Å². The van der Waals surface area contributed by atoms with Crippen LogP contribution in [0.2, 0.25) is 5.02 Å². The fraction of sp³-hybridized carbons (Fsp3) is 0.500. The molecule has 2 amide bonds. The summed E-state index contributed by atoms with van der Waals surface area (Å²) >= 11 is 5.83. The van der Waals surface area contributed by atoms with Crippen molar-refractivity contribution in [2.75, 3.05) is 0 Å². The molecule has 0 saturated carbocycles. The SMILES string of the molecule is CC(C)C[C@H](O)C(=O)N([C@@H](C)C(=O)NO)[C@@H](Cc1ccc(Cl)cc1)C(=O)O. The molecule has 3 atom stereocenters. The number of halogens is 1. The van der Waals surface area contributed by atoms with Crippen LogP contribution >= 0.6 is 11.6 Å². The zero-order valence-electron chi connectivity index (χ0n) is 15.4. The van der Waals surface area contributed by atoms with Gasteiger partial charge in [0.25, 0.3) is 11.8 Å². The Balaban J connectivity index is 3.25. The van der Waals surface area contributed by atoms with Crippen LogP contribution in [0.1, 0.15) is 32.8 Å². The van der Waals surface area contributed by atoms with Gasteiger partial charge in [0, 0.05) is 11.4 Å². The van der Waals surface area contributed by atoms with Crippen molar-refractivity contribution >= 4 is 29.4 Å². The highest BCUT2D eigenvalue weighted by Crippen LogP contribution is 2.19. The van der Waals surface area contributed by atoms with Crippen LogP contribution in [-0.2, 0) is 20.8 Å². The van der Waals surface area contributed by atoms with Crippen LogP contribution in [0.25, 0.3) is 0 Å². The van der Waals surface area contributed by atoms with E-state index in [1.54, 1.807) is 38.1 Å². The van der Waals surface area contributed by atoms with Crippen LogP contribution in [0.3, 0.4) is 0 Å². The van der Waals surface area contributed by atoms with E-state index in [9.17, 15) is 24.6 Å². The van der Waals surface area contributed by atoms with Crippen LogP contribution in [0.15, 0.2) is 24.3 Å². The fourth-order valence-corrected chi connectivity index (χ4v) is 2.83. The molecule has 0 unspecified atom stereocenters. The molecule has 9 heteroatoms. The minimum Gasteiger partial charge on any atom is -0.480 e. The molecule has 0 aliphatic rings. The van der Waals surface area contributed by atoms with Gasteiger partial charge in [-0.15, -0.1) is 0 Å². The Morgan fingerprint density at radius 2 is 1.70 bits per heavy atom. The van der Waals surface area contributed by atoms with Crippen LogP contribution in [0.5, 0.6) is 0 Å². The third-order valence-corrected chi connectivity index (χ3v) is 4.36. The topological polar surface area (TPSA) is 127 Å². The Kier molecular flexibility index (Phi) is 8.68. The van der Waals surface area contributed by atoms with Gasteiger partial charge in [-0.1, -0.05) is 37.6 Å². The first-order valence-electron chi connectivity index (χ1n) is 8.49. The highest BCUT2D eigenvalue weighted by molar-refractivity contribution is 6.30. The van der Waals surface area contributed by atoms with E-state index in [1.165, 1.54) is 12.4 Å². The monoisotopic (exact) mass is 400 g/mol. The van der Waals surface area contributed by atoms with E-state index < -0.39 is 36.0 Å². The lowest BCUT2D eigenvalue weighted by Gasteiger charge is -2.35. The Labute approximate surface area is 162 Å². The van der Waals surface area contributed by atoms with Gasteiger partial charge in [-0.05, 0) is 37.0 Å². The minimum atomic E-state index is -1.47. The standard InChI is InChI=1S/C18H25ClN2O6/c1-10(2)8-15(22)17(24)21(11(3)16(23)20-27)14(18(25)26)9-12-4-6-13(19)7-5-12/h4-7,10-11,14-15,22,27H,8-9H2,1-3H3,(H,20,23)(H,25,26)/t11-,14-,15-/m0/s1. The number of amides is 2. The molecule has 1 rings (SSSR count). The molecule has 0 radical (unpaired) electrons. The molecule has 150 valence electrons. The summed E-state index contributed by atoms with van der Waals surface area (Å²) in [6.07, 6.45) is -1.46. The summed E-state index contributed by atoms with van der Waals surface area (Å²) in [5.74, 6) is -3.21. The first-order valence-corrected chi connectivity index (χ1v) is 8.87. The smallest absolute Gasteiger partial charge is 0.326 e. The predicted molar refractivity (Wildman–Crippen MR) is 98.3 cm³/mol. The number of carboxylic acid groups (broad SMARTS) is 1. The van der Waals surface area contributed by atoms with Crippen molar-refractivity contribution in [1.29, 1.82) is 0 Å². The number of carbonyl (C=O) groups is 3. The quantitative estimate of drug-likeness (QED) is 0.367. The van der Waals surface area contributed by atoms with E-state index in [-0.39, 0.29) is 18.8 Å². The molecule has 0 saturated heterocycles. The molecule has 0 aromatic heterocycles. The molecule has 8 nitrogen and oxygen atoms in total. The largest absolute Gasteiger partial charge is 0.480 e. The van der Waals surface area contributed by atoms with Crippen LogP contribution < -0.4 is 5.48 Å². The van der Waals surface area contributed by atoms with Crippen molar-refractivity contribution in [2.45, 2.75) is 51.8 Å². The summed E-state index contributed by atoms with van der Waals surface area (Å²) in [6, 6.07) is 3.66. The van der Waals surface area contributed by atoms with Crippen molar-refractivity contribution in [2.24, 2.45) is 5.92 Å². The first kappa shape index (κ1) is 22.9. The third kappa shape index (κ3) is 6.50. The summed E-state index contributed by atoms with van der Waals surface area (Å²) < 4.78 is 0. The van der Waals surface area contributed by atoms with Crippen molar-refractivity contribution in [3.8, 4) is 0 Å². The van der Waals surface area contributed by atoms with Crippen molar-refractivity contribution in [1.82, 2.24) is 10.4 Å². The molecule has 0 spiro atoms. The second-order valence-corrected chi connectivity index (χ2v) is 7.16. The maximum Gasteiger partial charge on any atom is 0.326 e. The number of aliphatic hydroxyl groups is 1. The third-order valence-electron chi connectivity index (χ3n) is 4.10. The van der Waals surface area contributed by atoms with E-state index in [0.29, 0.717) is 10.6 Å². The number of rotatable bonds is 9. The molecule has 0 fully saturated rings. The summed E-state index contributed by atoms with van der Waals surface area (Å²) in [4.78, 5) is 37.3. The van der Waals surface area contributed by atoms with Gasteiger partial charge in [0.05, 0.1) is 0 Å². The normalized spacial score (nSPS) is 14.3. The molecule has 0 heterocycles. The van der Waals surface area contributed by atoms with E-state index in [2.05, 4.69) is 0 Å². The number of aliphatic carboxylic acids is 1. The molecule has 0 aliphatic heterocycles. The van der Waals surface area contributed by atoms with E-state index in [4.69, 9.17) is 16.8 Å². The maximum atomic E-state index is 12.8. The van der Waals surface area contributed by atoms with Gasteiger partial charge in [0.1, 0.15) is 18.2 Å². The lowest BCUT2D eigenvalue weighted by molar-refractivity contribution is -0.160. The zero-order valence-corrected chi connectivity index (χ0v) is 16.2. The fourth-order valence-electron chi connectivity index (χ4n) is 2.70. The van der Waals surface area contributed by atoms with Crippen LogP contribution in [0, 0.1) is 5.92 Å². The Bertz CT molecular complexity index is 664. The van der Waals surface area contributed by atoms with Gasteiger partial charge in [0.2, 0.25) is 0 Å². The van der Waals surface area contributed by atoms with Crippen molar-refractivity contribution in [3.63, 3.8) is 0 Å². The second kappa shape index (κ2) is 10.2. The number of hydrogen-bond acceptors (Lipinski definition) is 5. The summed E-state index contributed by atoms with van der Waals surface area (Å²) in [7, 11) is 0. The number of aliphatic hydroxyl groups excluding tert-OH is 1. The lowest BCUT2D eigenvalue weighted by Crippen LogP contribution is -2.58. The number of carbonyl (C=O) groups excluding carboxylic acids is 2. The molecular formula is C18H25ClN2O6. The number of hydroxylamine groups is 1. The van der Waals surface area contributed by atoms with Gasteiger partial charge >= 0.3 is 5.97 Å². The summed E-state index contributed by atoms with van der Waals surface area (Å²) in [5.41, 5.74) is 2.00. The minimum absolute atomic E-state index is 0.0210. The molecule has 1 aromatic rings. The average molecular weight is 401 g/mol. The first-order chi connectivity index (χ1) is 12.6. The van der Waals surface area contributed by atoms with Crippen molar-refractivity contribution in [3.05, 3.63) is 34.9 Å². The van der Waals surface area contributed by atoms with E-state index in [1.807, 2.05) is 0 Å². The number of nitrogens with one attached hydrogen (secondary N) is 1. The second-order valence-electron chi connectivity index (χ2n) is 6.73. The molecule has 27 heavy (non-hydrogen) atoms. The molecular weight excluding hydrogens is 376 g/mol. The van der Waals surface area contributed by atoms with Gasteiger partial charge in [-0.2, -0.15) is 0 Å². The average Bonchev–Trinajstić information content (AvgIpc) is 2.60. The molecule has 0 bridgehead atoms. The lowest BCUT2D eigenvalue weighted by atomic mass is 9.99. The zero-order chi connectivity index (χ0) is 20.7. The Morgan fingerprint density at radius 1 is 1.15 bits per heavy atom. The summed E-state index contributed by atoms with van der Waals surface area (Å²) in [6.45, 7) is 4.88. The highest BCUT2D eigenvalue weighted by Gasteiger charge is 2.39. The van der Waals surface area contributed by atoms with Crippen LogP contribution in [0.4, 0.5) is 0 Å². The van der Waals surface area contributed by atoms with Gasteiger partial charge in [-0.25, -0.2) is 10.3 Å². The Hall–Kier alpha value is -2.16. The number of benzene rings is 1. The van der Waals surface area contributed by atoms with Crippen LogP contribution in [-0.4, -0.2) is 56.3 Å². The molecule has 1 aromatic carbocycles. The number of carboxylic acids is 1. The maximum absolute atomic E-state index is 12.8. The van der Waals surface area contributed by atoms with Gasteiger partial charge < -0.3 is 15.1 Å². The Morgan fingerprint density at radius 3 is 2.15 bits per heavy atom. The number of hydrogen-bond donors (Lipinski definition) is 4. The number of nitrogens with zero attached hydrogens (tertiary/aromatic N) is 1. The van der Waals surface area contributed by atoms with Crippen molar-refractivity contribution < 1.29 is 29.8 Å². The highest BCUT2D eigenvalue weighted by atomic mass is 35.5. The molecule has 4 N–H and O–H groups in total.